The fraction of sp³-hybridized carbons (Fsp3) is 0.357. The first kappa shape index (κ1) is 13.3. The molecule has 0 atom stereocenters. The molecule has 0 unspecified atom stereocenters. The number of hydrogen-bond acceptors (Lipinski definition) is 3. The van der Waals surface area contributed by atoms with Crippen molar-refractivity contribution < 1.29 is 9.90 Å². The fourth-order valence-electron chi connectivity index (χ4n) is 2.02. The van der Waals surface area contributed by atoms with Crippen LogP contribution in [-0.2, 0) is 11.2 Å². The Bertz CT molecular complexity index is 561. The quantitative estimate of drug-likeness (QED) is 0.864. The molecule has 0 fully saturated rings. The van der Waals surface area contributed by atoms with Gasteiger partial charge in [-0.2, -0.15) is 5.10 Å². The van der Waals surface area contributed by atoms with Crippen LogP contribution in [-0.4, -0.2) is 26.3 Å². The van der Waals surface area contributed by atoms with Crippen molar-refractivity contribution in [3.63, 3.8) is 0 Å². The number of nitrogens with zero attached hydrogens (tertiary/aromatic N) is 2. The lowest BCUT2D eigenvalue weighted by Crippen LogP contribution is -2.20. The van der Waals surface area contributed by atoms with Gasteiger partial charge in [0.2, 0.25) is 0 Å². The van der Waals surface area contributed by atoms with E-state index in [1.165, 1.54) is 0 Å². The van der Waals surface area contributed by atoms with Crippen LogP contribution in [0.25, 0.3) is 11.4 Å². The van der Waals surface area contributed by atoms with Crippen molar-refractivity contribution in [3.8, 4) is 11.4 Å². The zero-order valence-electron chi connectivity index (χ0n) is 11.1. The number of hydrogen-bond donors (Lipinski definition) is 2. The number of aromatic amines is 1. The standard InChI is InChI=1S/C14H17N3O2/c1-14(2,9-12(18)19)8-11-15-13(17-16-11)10-6-4-3-5-7-10/h3-7H,8-9H2,1-2H3,(H,18,19)(H,15,16,17). The molecule has 2 N–H and O–H groups in total. The molecule has 0 amide bonds. The van der Waals surface area contributed by atoms with Crippen molar-refractivity contribution in [2.75, 3.05) is 0 Å². The van der Waals surface area contributed by atoms with Gasteiger partial charge in [-0.3, -0.25) is 9.89 Å². The lowest BCUT2D eigenvalue weighted by Gasteiger charge is -2.20. The molecule has 5 nitrogen and oxygen atoms in total. The molecule has 5 heteroatoms. The maximum atomic E-state index is 10.8. The van der Waals surface area contributed by atoms with Gasteiger partial charge < -0.3 is 5.11 Å². The van der Waals surface area contributed by atoms with Gasteiger partial charge in [0, 0.05) is 12.0 Å². The normalized spacial score (nSPS) is 11.5. The van der Waals surface area contributed by atoms with Crippen LogP contribution in [0.5, 0.6) is 0 Å². The smallest absolute Gasteiger partial charge is 0.303 e. The molecule has 100 valence electrons. The Balaban J connectivity index is 2.12. The molecular weight excluding hydrogens is 242 g/mol. The molecule has 0 aliphatic rings. The van der Waals surface area contributed by atoms with Crippen LogP contribution < -0.4 is 0 Å². The second-order valence-electron chi connectivity index (χ2n) is 5.38. The van der Waals surface area contributed by atoms with E-state index in [1.807, 2.05) is 44.2 Å². The van der Waals surface area contributed by atoms with E-state index < -0.39 is 5.97 Å². The summed E-state index contributed by atoms with van der Waals surface area (Å²) >= 11 is 0. The molecule has 0 aliphatic heterocycles. The highest BCUT2D eigenvalue weighted by Crippen LogP contribution is 2.25. The highest BCUT2D eigenvalue weighted by Gasteiger charge is 2.24. The van der Waals surface area contributed by atoms with Gasteiger partial charge in [-0.25, -0.2) is 4.98 Å². The van der Waals surface area contributed by atoms with E-state index in [9.17, 15) is 4.79 Å². The average Bonchev–Trinajstić information content (AvgIpc) is 2.76. The number of aliphatic carboxylic acids is 1. The molecular formula is C14H17N3O2. The minimum absolute atomic E-state index is 0.106. The molecule has 0 spiro atoms. The predicted octanol–water partition coefficient (Wildman–Crippen LogP) is 2.52. The summed E-state index contributed by atoms with van der Waals surface area (Å²) < 4.78 is 0. The van der Waals surface area contributed by atoms with Crippen LogP contribution in [0.4, 0.5) is 0 Å². The van der Waals surface area contributed by atoms with Crippen LogP contribution in [0.15, 0.2) is 30.3 Å². The Morgan fingerprint density at radius 3 is 2.63 bits per heavy atom. The van der Waals surface area contributed by atoms with Crippen molar-refractivity contribution in [1.82, 2.24) is 15.2 Å². The summed E-state index contributed by atoms with van der Waals surface area (Å²) in [6, 6.07) is 9.68. The molecule has 19 heavy (non-hydrogen) atoms. The molecule has 0 saturated carbocycles. The Labute approximate surface area is 111 Å². The monoisotopic (exact) mass is 259 g/mol. The first-order valence-corrected chi connectivity index (χ1v) is 6.15. The van der Waals surface area contributed by atoms with Crippen molar-refractivity contribution in [3.05, 3.63) is 36.2 Å². The number of nitrogens with one attached hydrogen (secondary N) is 1. The van der Waals surface area contributed by atoms with E-state index in [0.29, 0.717) is 18.1 Å². The number of benzene rings is 1. The van der Waals surface area contributed by atoms with Crippen LogP contribution in [0.3, 0.4) is 0 Å². The second kappa shape index (κ2) is 5.22. The van der Waals surface area contributed by atoms with Crippen LogP contribution >= 0.6 is 0 Å². The Hall–Kier alpha value is -2.17. The molecule has 0 saturated heterocycles. The van der Waals surface area contributed by atoms with Gasteiger partial charge in [0.25, 0.3) is 0 Å². The zero-order valence-corrected chi connectivity index (χ0v) is 11.1. The third-order valence-corrected chi connectivity index (χ3v) is 2.84. The molecule has 0 bridgehead atoms. The van der Waals surface area contributed by atoms with Crippen molar-refractivity contribution in [2.45, 2.75) is 26.7 Å². The first-order valence-electron chi connectivity index (χ1n) is 6.15. The summed E-state index contributed by atoms with van der Waals surface area (Å²) in [6.45, 7) is 3.82. The van der Waals surface area contributed by atoms with E-state index in [-0.39, 0.29) is 11.8 Å². The Morgan fingerprint density at radius 2 is 2.00 bits per heavy atom. The molecule has 1 aromatic carbocycles. The summed E-state index contributed by atoms with van der Waals surface area (Å²) in [6.07, 6.45) is 0.660. The number of carboxylic acids is 1. The number of rotatable bonds is 5. The summed E-state index contributed by atoms with van der Waals surface area (Å²) in [7, 11) is 0. The molecule has 2 aromatic rings. The van der Waals surface area contributed by atoms with E-state index in [0.717, 1.165) is 5.56 Å². The lowest BCUT2D eigenvalue weighted by atomic mass is 9.85. The molecule has 1 heterocycles. The van der Waals surface area contributed by atoms with E-state index in [2.05, 4.69) is 15.2 Å². The number of carboxylic acid groups (broad SMARTS) is 1. The second-order valence-corrected chi connectivity index (χ2v) is 5.38. The summed E-state index contributed by atoms with van der Waals surface area (Å²) in [5.41, 5.74) is 0.598. The first-order chi connectivity index (χ1) is 8.96. The fourth-order valence-corrected chi connectivity index (χ4v) is 2.02. The largest absolute Gasteiger partial charge is 0.481 e. The van der Waals surface area contributed by atoms with Gasteiger partial charge in [-0.05, 0) is 5.41 Å². The average molecular weight is 259 g/mol. The maximum Gasteiger partial charge on any atom is 0.303 e. The number of aromatic nitrogens is 3. The van der Waals surface area contributed by atoms with Gasteiger partial charge in [0.1, 0.15) is 5.82 Å². The van der Waals surface area contributed by atoms with Crippen molar-refractivity contribution >= 4 is 5.97 Å². The zero-order chi connectivity index (χ0) is 13.9. The molecule has 0 aliphatic carbocycles. The lowest BCUT2D eigenvalue weighted by molar-refractivity contribution is -0.139. The SMILES string of the molecule is CC(C)(CC(=O)O)Cc1nc(-c2ccccc2)n[nH]1. The van der Waals surface area contributed by atoms with Gasteiger partial charge in [0.05, 0.1) is 6.42 Å². The van der Waals surface area contributed by atoms with Crippen molar-refractivity contribution in [1.29, 1.82) is 0 Å². The highest BCUT2D eigenvalue weighted by molar-refractivity contribution is 5.67. The summed E-state index contributed by atoms with van der Waals surface area (Å²) in [5.74, 6) is 0.555. The number of H-pyrrole nitrogens is 1. The minimum Gasteiger partial charge on any atom is -0.481 e. The third-order valence-electron chi connectivity index (χ3n) is 2.84. The molecule has 0 radical (unpaired) electrons. The van der Waals surface area contributed by atoms with Gasteiger partial charge >= 0.3 is 5.97 Å². The van der Waals surface area contributed by atoms with E-state index in [1.54, 1.807) is 0 Å². The maximum absolute atomic E-state index is 10.8. The Morgan fingerprint density at radius 1 is 1.32 bits per heavy atom. The molecule has 2 rings (SSSR count). The van der Waals surface area contributed by atoms with E-state index >= 15 is 0 Å². The summed E-state index contributed by atoms with van der Waals surface area (Å²) in [4.78, 5) is 15.2. The highest BCUT2D eigenvalue weighted by atomic mass is 16.4. The van der Waals surface area contributed by atoms with Crippen LogP contribution in [0.2, 0.25) is 0 Å². The van der Waals surface area contributed by atoms with Gasteiger partial charge in [-0.15, -0.1) is 0 Å². The number of carbonyl (C=O) groups is 1. The van der Waals surface area contributed by atoms with Gasteiger partial charge in [0.15, 0.2) is 5.82 Å². The van der Waals surface area contributed by atoms with Crippen molar-refractivity contribution in [2.24, 2.45) is 5.41 Å². The van der Waals surface area contributed by atoms with E-state index in [4.69, 9.17) is 5.11 Å². The summed E-state index contributed by atoms with van der Waals surface area (Å²) in [5, 5.41) is 15.9. The topological polar surface area (TPSA) is 78.9 Å². The Kier molecular flexibility index (Phi) is 3.64. The van der Waals surface area contributed by atoms with Gasteiger partial charge in [-0.1, -0.05) is 44.2 Å². The van der Waals surface area contributed by atoms with Crippen LogP contribution in [0, 0.1) is 5.41 Å². The third kappa shape index (κ3) is 3.64. The minimum atomic E-state index is -0.798. The van der Waals surface area contributed by atoms with Crippen LogP contribution in [0.1, 0.15) is 26.1 Å². The predicted molar refractivity (Wildman–Crippen MR) is 71.6 cm³/mol. The molecule has 1 aromatic heterocycles.